The molecule has 0 spiro atoms. The van der Waals surface area contributed by atoms with Crippen molar-refractivity contribution in [1.29, 1.82) is 0 Å². The molecule has 5 heteroatoms. The minimum Gasteiger partial charge on any atom is -0.497 e. The van der Waals surface area contributed by atoms with Gasteiger partial charge in [-0.3, -0.25) is 4.90 Å². The van der Waals surface area contributed by atoms with Crippen LogP contribution in [0.5, 0.6) is 5.75 Å². The van der Waals surface area contributed by atoms with Crippen molar-refractivity contribution >= 4 is 11.8 Å². The second-order valence-corrected chi connectivity index (χ2v) is 6.77. The molecule has 4 nitrogen and oxygen atoms in total. The first-order chi connectivity index (χ1) is 13.6. The van der Waals surface area contributed by atoms with Crippen LogP contribution in [-0.4, -0.2) is 25.6 Å². The van der Waals surface area contributed by atoms with Crippen molar-refractivity contribution in [2.75, 3.05) is 18.6 Å². The van der Waals surface area contributed by atoms with E-state index in [9.17, 15) is 4.79 Å². The summed E-state index contributed by atoms with van der Waals surface area (Å²) in [7, 11) is 1.56. The molecule has 1 amide bonds. The summed E-state index contributed by atoms with van der Waals surface area (Å²) in [5.41, 5.74) is 3.50. The number of hydrogen-bond acceptors (Lipinski definition) is 3. The van der Waals surface area contributed by atoms with E-state index >= 15 is 4.39 Å². The molecule has 0 N–H and O–H groups in total. The highest BCUT2D eigenvalue weighted by Crippen LogP contribution is 2.33. The van der Waals surface area contributed by atoms with Gasteiger partial charge in [-0.1, -0.05) is 54.6 Å². The molecule has 1 atom stereocenters. The molecule has 1 unspecified atom stereocenters. The molecule has 4 rings (SSSR count). The standard InChI is InChI=1S/C23H20FNO3/c1-27-21-13-11-20(12-14-21)25-16-23(24,28-22(25)26)15-17-7-9-19(10-8-17)18-5-3-2-4-6-18/h2-14H,15-16H2,1H3. The zero-order valence-corrected chi connectivity index (χ0v) is 15.5. The normalized spacial score (nSPS) is 18.8. The Balaban J connectivity index is 1.47. The summed E-state index contributed by atoms with van der Waals surface area (Å²) in [5, 5.41) is 0. The summed E-state index contributed by atoms with van der Waals surface area (Å²) in [6.07, 6.45) is -0.686. The van der Waals surface area contributed by atoms with Crippen molar-refractivity contribution in [3.8, 4) is 16.9 Å². The van der Waals surface area contributed by atoms with E-state index in [0.717, 1.165) is 16.7 Å². The summed E-state index contributed by atoms with van der Waals surface area (Å²) in [6.45, 7) is -0.154. The van der Waals surface area contributed by atoms with Crippen LogP contribution in [-0.2, 0) is 11.2 Å². The summed E-state index contributed by atoms with van der Waals surface area (Å²) in [4.78, 5) is 13.5. The van der Waals surface area contributed by atoms with Crippen molar-refractivity contribution in [3.05, 3.63) is 84.4 Å². The van der Waals surface area contributed by atoms with E-state index in [1.807, 2.05) is 54.6 Å². The van der Waals surface area contributed by atoms with Gasteiger partial charge in [-0.2, -0.15) is 4.39 Å². The Bertz CT molecular complexity index is 957. The van der Waals surface area contributed by atoms with Gasteiger partial charge in [0.2, 0.25) is 0 Å². The Morgan fingerprint density at radius 2 is 1.61 bits per heavy atom. The molecule has 1 aliphatic heterocycles. The molecular weight excluding hydrogens is 357 g/mol. The molecule has 0 saturated carbocycles. The van der Waals surface area contributed by atoms with Gasteiger partial charge in [0, 0.05) is 12.1 Å². The first-order valence-electron chi connectivity index (χ1n) is 9.04. The number of cyclic esters (lactones) is 1. The van der Waals surface area contributed by atoms with Gasteiger partial charge in [0.15, 0.2) is 0 Å². The van der Waals surface area contributed by atoms with Crippen LogP contribution in [0.25, 0.3) is 11.1 Å². The van der Waals surface area contributed by atoms with Crippen LogP contribution in [0, 0.1) is 0 Å². The van der Waals surface area contributed by atoms with Gasteiger partial charge < -0.3 is 9.47 Å². The van der Waals surface area contributed by atoms with E-state index < -0.39 is 11.9 Å². The van der Waals surface area contributed by atoms with Gasteiger partial charge in [0.05, 0.1) is 13.7 Å². The topological polar surface area (TPSA) is 38.8 Å². The lowest BCUT2D eigenvalue weighted by Crippen LogP contribution is -2.32. The zero-order chi connectivity index (χ0) is 19.6. The van der Waals surface area contributed by atoms with E-state index in [-0.39, 0.29) is 13.0 Å². The highest BCUT2D eigenvalue weighted by atomic mass is 19.2. The Morgan fingerprint density at radius 3 is 2.25 bits per heavy atom. The third-order valence-corrected chi connectivity index (χ3v) is 4.80. The Morgan fingerprint density at radius 1 is 0.964 bits per heavy atom. The van der Waals surface area contributed by atoms with E-state index in [1.165, 1.54) is 4.90 Å². The van der Waals surface area contributed by atoms with E-state index in [4.69, 9.17) is 9.47 Å². The van der Waals surface area contributed by atoms with Gasteiger partial charge in [0.25, 0.3) is 5.85 Å². The number of hydrogen-bond donors (Lipinski definition) is 0. The number of rotatable bonds is 5. The van der Waals surface area contributed by atoms with Crippen LogP contribution in [0.15, 0.2) is 78.9 Å². The van der Waals surface area contributed by atoms with E-state index in [0.29, 0.717) is 11.4 Å². The Kier molecular flexibility index (Phi) is 4.74. The lowest BCUT2D eigenvalue weighted by molar-refractivity contribution is -0.0562. The van der Waals surface area contributed by atoms with Crippen LogP contribution >= 0.6 is 0 Å². The average molecular weight is 377 g/mol. The number of benzene rings is 3. The largest absolute Gasteiger partial charge is 0.497 e. The lowest BCUT2D eigenvalue weighted by atomic mass is 10.0. The lowest BCUT2D eigenvalue weighted by Gasteiger charge is -2.18. The predicted molar refractivity (Wildman–Crippen MR) is 106 cm³/mol. The van der Waals surface area contributed by atoms with E-state index in [1.54, 1.807) is 31.4 Å². The first kappa shape index (κ1) is 18.0. The number of anilines is 1. The number of alkyl halides is 1. The van der Waals surface area contributed by atoms with Crippen LogP contribution in [0.3, 0.4) is 0 Å². The molecule has 3 aromatic rings. The number of ether oxygens (including phenoxy) is 2. The second-order valence-electron chi connectivity index (χ2n) is 6.77. The van der Waals surface area contributed by atoms with Crippen LogP contribution in [0.2, 0.25) is 0 Å². The quantitative estimate of drug-likeness (QED) is 0.611. The van der Waals surface area contributed by atoms with Crippen molar-refractivity contribution in [3.63, 3.8) is 0 Å². The monoisotopic (exact) mass is 377 g/mol. The van der Waals surface area contributed by atoms with Gasteiger partial charge in [0.1, 0.15) is 5.75 Å². The van der Waals surface area contributed by atoms with Crippen molar-refractivity contribution < 1.29 is 18.7 Å². The smallest absolute Gasteiger partial charge is 0.417 e. The van der Waals surface area contributed by atoms with Gasteiger partial charge in [-0.05, 0) is 41.0 Å². The summed E-state index contributed by atoms with van der Waals surface area (Å²) >= 11 is 0. The molecule has 0 aliphatic carbocycles. The maximum atomic E-state index is 15.2. The minimum absolute atomic E-state index is 0.000461. The maximum Gasteiger partial charge on any atom is 0.417 e. The zero-order valence-electron chi connectivity index (χ0n) is 15.5. The molecule has 1 fully saturated rings. The van der Waals surface area contributed by atoms with Gasteiger partial charge in [-0.15, -0.1) is 0 Å². The molecule has 1 saturated heterocycles. The van der Waals surface area contributed by atoms with Crippen molar-refractivity contribution in [2.24, 2.45) is 0 Å². The SMILES string of the molecule is COc1ccc(N2CC(F)(Cc3ccc(-c4ccccc4)cc3)OC2=O)cc1. The fraction of sp³-hybridized carbons (Fsp3) is 0.174. The molecule has 0 radical (unpaired) electrons. The number of carbonyl (C=O) groups is 1. The molecule has 1 heterocycles. The van der Waals surface area contributed by atoms with Crippen molar-refractivity contribution in [1.82, 2.24) is 0 Å². The summed E-state index contributed by atoms with van der Waals surface area (Å²) < 4.78 is 25.4. The first-order valence-corrected chi connectivity index (χ1v) is 9.04. The predicted octanol–water partition coefficient (Wildman–Crippen LogP) is 5.23. The second kappa shape index (κ2) is 7.35. The molecule has 1 aliphatic rings. The highest BCUT2D eigenvalue weighted by molar-refractivity contribution is 5.90. The summed E-state index contributed by atoms with van der Waals surface area (Å²) in [5.74, 6) is -1.40. The number of nitrogens with zero attached hydrogens (tertiary/aromatic N) is 1. The molecule has 28 heavy (non-hydrogen) atoms. The fourth-order valence-corrected chi connectivity index (χ4v) is 3.35. The number of halogens is 1. The number of carbonyl (C=O) groups excluding carboxylic acids is 1. The molecule has 0 aromatic heterocycles. The minimum atomic E-state index is -2.06. The van der Waals surface area contributed by atoms with Gasteiger partial charge >= 0.3 is 6.09 Å². The van der Waals surface area contributed by atoms with Crippen LogP contribution in [0.4, 0.5) is 14.9 Å². The average Bonchev–Trinajstić information content (AvgIpc) is 3.03. The third-order valence-electron chi connectivity index (χ3n) is 4.80. The van der Waals surface area contributed by atoms with Gasteiger partial charge in [-0.25, -0.2) is 4.79 Å². The Hall–Kier alpha value is -3.34. The molecule has 0 bridgehead atoms. The third kappa shape index (κ3) is 3.69. The fourth-order valence-electron chi connectivity index (χ4n) is 3.35. The highest BCUT2D eigenvalue weighted by Gasteiger charge is 2.46. The van der Waals surface area contributed by atoms with Crippen molar-refractivity contribution in [2.45, 2.75) is 12.3 Å². The maximum absolute atomic E-state index is 15.2. The summed E-state index contributed by atoms with van der Waals surface area (Å²) in [6, 6.07) is 24.5. The number of amides is 1. The van der Waals surface area contributed by atoms with Crippen LogP contribution < -0.4 is 9.64 Å². The van der Waals surface area contributed by atoms with Crippen LogP contribution in [0.1, 0.15) is 5.56 Å². The number of methoxy groups -OCH3 is 1. The Labute approximate surface area is 163 Å². The molecule has 142 valence electrons. The van der Waals surface area contributed by atoms with E-state index in [2.05, 4.69) is 0 Å². The molecular formula is C23H20FNO3. The molecule has 3 aromatic carbocycles.